The van der Waals surface area contributed by atoms with Crippen molar-refractivity contribution in [3.8, 4) is 0 Å². The van der Waals surface area contributed by atoms with E-state index < -0.39 is 11.9 Å². The first-order chi connectivity index (χ1) is 10.1. The number of primary amides is 1. The topological polar surface area (TPSA) is 98.2 Å². The highest BCUT2D eigenvalue weighted by molar-refractivity contribution is 6.00. The fraction of sp³-hybridized carbons (Fsp3) is 0.250. The zero-order valence-corrected chi connectivity index (χ0v) is 11.7. The molecule has 0 aliphatic heterocycles. The molecule has 0 fully saturated rings. The minimum absolute atomic E-state index is 0.304. The van der Waals surface area contributed by atoms with Crippen molar-refractivity contribution in [1.82, 2.24) is 5.32 Å². The van der Waals surface area contributed by atoms with Crippen LogP contribution in [0.5, 0.6) is 0 Å². The molecule has 2 amide bonds. The maximum absolute atomic E-state index is 12.2. The molecule has 0 aliphatic rings. The van der Waals surface area contributed by atoms with E-state index in [0.717, 1.165) is 10.8 Å². The van der Waals surface area contributed by atoms with Gasteiger partial charge in [-0.05, 0) is 42.3 Å². The molecule has 0 bridgehead atoms. The van der Waals surface area contributed by atoms with E-state index in [2.05, 4.69) is 5.32 Å². The van der Waals surface area contributed by atoms with E-state index in [1.807, 2.05) is 30.3 Å². The summed E-state index contributed by atoms with van der Waals surface area (Å²) in [6.07, 6.45) is 1.08. The van der Waals surface area contributed by atoms with Gasteiger partial charge in [0.25, 0.3) is 5.91 Å². The Morgan fingerprint density at radius 2 is 1.81 bits per heavy atom. The minimum Gasteiger partial charge on any atom is -0.368 e. The molecule has 0 saturated carbocycles. The number of nitrogens with one attached hydrogen (secondary N) is 1. The largest absolute Gasteiger partial charge is 0.368 e. The van der Waals surface area contributed by atoms with Gasteiger partial charge in [-0.3, -0.25) is 9.59 Å². The minimum atomic E-state index is -0.687. The Balaban J connectivity index is 2.15. The van der Waals surface area contributed by atoms with Gasteiger partial charge in [0.2, 0.25) is 5.91 Å². The average molecular weight is 285 g/mol. The van der Waals surface area contributed by atoms with Gasteiger partial charge in [0.05, 0.1) is 0 Å². The Labute approximate surface area is 123 Å². The molecular weight excluding hydrogens is 266 g/mol. The molecule has 0 saturated heterocycles. The Morgan fingerprint density at radius 3 is 2.48 bits per heavy atom. The number of benzene rings is 2. The molecule has 2 aromatic rings. The van der Waals surface area contributed by atoms with Crippen molar-refractivity contribution < 1.29 is 9.59 Å². The molecule has 0 radical (unpaired) electrons. The normalized spacial score (nSPS) is 12.0. The van der Waals surface area contributed by atoms with Crippen molar-refractivity contribution in [1.29, 1.82) is 0 Å². The molecule has 0 aromatic heterocycles. The molecule has 5 heteroatoms. The zero-order chi connectivity index (χ0) is 15.2. The van der Waals surface area contributed by atoms with E-state index >= 15 is 0 Å². The number of carbonyl (C=O) groups excluding carboxylic acids is 2. The van der Waals surface area contributed by atoms with Gasteiger partial charge in [-0.15, -0.1) is 0 Å². The van der Waals surface area contributed by atoms with E-state index in [4.69, 9.17) is 11.5 Å². The van der Waals surface area contributed by atoms with Gasteiger partial charge >= 0.3 is 0 Å². The van der Waals surface area contributed by atoms with Crippen molar-refractivity contribution in [3.05, 3.63) is 48.0 Å². The second-order valence-electron chi connectivity index (χ2n) is 4.92. The van der Waals surface area contributed by atoms with E-state index in [1.165, 1.54) is 0 Å². The summed E-state index contributed by atoms with van der Waals surface area (Å²) >= 11 is 0. The Bertz CT molecular complexity index is 655. The number of carbonyl (C=O) groups is 2. The second-order valence-corrected chi connectivity index (χ2v) is 4.92. The molecule has 21 heavy (non-hydrogen) atoms. The van der Waals surface area contributed by atoms with E-state index in [1.54, 1.807) is 12.1 Å². The summed E-state index contributed by atoms with van der Waals surface area (Å²) in [5.41, 5.74) is 11.2. The monoisotopic (exact) mass is 285 g/mol. The molecular formula is C16H19N3O2. The summed E-state index contributed by atoms with van der Waals surface area (Å²) in [6, 6.07) is 12.5. The van der Waals surface area contributed by atoms with Crippen LogP contribution in [0.2, 0.25) is 0 Å². The molecule has 2 aromatic carbocycles. The number of fused-ring (bicyclic) bond motifs is 1. The molecule has 5 nitrogen and oxygen atoms in total. The molecule has 1 unspecified atom stereocenters. The smallest absolute Gasteiger partial charge is 0.251 e. The van der Waals surface area contributed by atoms with Crippen LogP contribution in [0.15, 0.2) is 42.5 Å². The van der Waals surface area contributed by atoms with Crippen molar-refractivity contribution in [2.75, 3.05) is 6.54 Å². The number of amides is 2. The maximum atomic E-state index is 12.2. The van der Waals surface area contributed by atoms with E-state index in [-0.39, 0.29) is 5.91 Å². The van der Waals surface area contributed by atoms with Crippen LogP contribution in [-0.2, 0) is 4.79 Å². The highest BCUT2D eigenvalue weighted by atomic mass is 16.2. The van der Waals surface area contributed by atoms with Gasteiger partial charge in [-0.25, -0.2) is 0 Å². The number of rotatable bonds is 6. The summed E-state index contributed by atoms with van der Waals surface area (Å²) in [7, 11) is 0. The van der Waals surface area contributed by atoms with Gasteiger partial charge in [-0.2, -0.15) is 0 Å². The van der Waals surface area contributed by atoms with E-state index in [0.29, 0.717) is 24.9 Å². The van der Waals surface area contributed by atoms with Crippen LogP contribution in [0.25, 0.3) is 10.8 Å². The lowest BCUT2D eigenvalue weighted by Gasteiger charge is -2.15. The molecule has 5 N–H and O–H groups in total. The number of nitrogens with two attached hydrogens (primary N) is 2. The summed E-state index contributed by atoms with van der Waals surface area (Å²) in [6.45, 7) is 0.454. The third-order valence-corrected chi connectivity index (χ3v) is 3.36. The van der Waals surface area contributed by atoms with Crippen LogP contribution in [0, 0.1) is 0 Å². The van der Waals surface area contributed by atoms with Crippen LogP contribution in [0.1, 0.15) is 23.2 Å². The number of hydrogen-bond acceptors (Lipinski definition) is 3. The van der Waals surface area contributed by atoms with Crippen LogP contribution in [0.4, 0.5) is 0 Å². The van der Waals surface area contributed by atoms with Gasteiger partial charge < -0.3 is 16.8 Å². The molecule has 110 valence electrons. The van der Waals surface area contributed by atoms with Crippen molar-refractivity contribution in [2.45, 2.75) is 18.9 Å². The molecule has 0 spiro atoms. The Kier molecular flexibility index (Phi) is 4.90. The van der Waals surface area contributed by atoms with Crippen molar-refractivity contribution in [2.24, 2.45) is 11.5 Å². The van der Waals surface area contributed by atoms with Gasteiger partial charge in [0, 0.05) is 5.56 Å². The van der Waals surface area contributed by atoms with Gasteiger partial charge in [0.1, 0.15) is 6.04 Å². The first-order valence-corrected chi connectivity index (χ1v) is 6.91. The van der Waals surface area contributed by atoms with Crippen molar-refractivity contribution >= 4 is 22.6 Å². The van der Waals surface area contributed by atoms with Gasteiger partial charge in [-0.1, -0.05) is 30.3 Å². The summed E-state index contributed by atoms with van der Waals surface area (Å²) in [5, 5.41) is 4.70. The predicted octanol–water partition coefficient (Wildman–Crippen LogP) is 1.16. The van der Waals surface area contributed by atoms with Crippen molar-refractivity contribution in [3.63, 3.8) is 0 Å². The van der Waals surface area contributed by atoms with Crippen LogP contribution < -0.4 is 16.8 Å². The van der Waals surface area contributed by atoms with Crippen LogP contribution >= 0.6 is 0 Å². The highest BCUT2D eigenvalue weighted by Gasteiger charge is 2.18. The molecule has 1 atom stereocenters. The fourth-order valence-electron chi connectivity index (χ4n) is 2.18. The average Bonchev–Trinajstić information content (AvgIpc) is 2.50. The van der Waals surface area contributed by atoms with Gasteiger partial charge in [0.15, 0.2) is 0 Å². The van der Waals surface area contributed by atoms with Crippen LogP contribution in [0.3, 0.4) is 0 Å². The molecule has 2 rings (SSSR count). The quantitative estimate of drug-likeness (QED) is 0.742. The fourth-order valence-corrected chi connectivity index (χ4v) is 2.18. The van der Waals surface area contributed by atoms with E-state index in [9.17, 15) is 9.59 Å². The number of hydrogen-bond donors (Lipinski definition) is 3. The lowest BCUT2D eigenvalue weighted by atomic mass is 10.1. The molecule has 0 heterocycles. The zero-order valence-electron chi connectivity index (χ0n) is 11.7. The summed E-state index contributed by atoms with van der Waals surface area (Å²) in [5.74, 6) is -0.848. The summed E-state index contributed by atoms with van der Waals surface area (Å²) in [4.78, 5) is 23.6. The third kappa shape index (κ3) is 3.79. The standard InChI is InChI=1S/C16H19N3O2/c17-9-3-6-14(15(18)20)19-16(21)13-8-7-11-4-1-2-5-12(11)10-13/h1-2,4-5,7-8,10,14H,3,6,9,17H2,(H2,18,20)(H,19,21). The third-order valence-electron chi connectivity index (χ3n) is 3.36. The lowest BCUT2D eigenvalue weighted by Crippen LogP contribution is -2.44. The second kappa shape index (κ2) is 6.85. The highest BCUT2D eigenvalue weighted by Crippen LogP contribution is 2.15. The van der Waals surface area contributed by atoms with Crippen LogP contribution in [-0.4, -0.2) is 24.4 Å². The predicted molar refractivity (Wildman–Crippen MR) is 82.7 cm³/mol. The maximum Gasteiger partial charge on any atom is 0.251 e. The summed E-state index contributed by atoms with van der Waals surface area (Å²) < 4.78 is 0. The Morgan fingerprint density at radius 1 is 1.10 bits per heavy atom. The lowest BCUT2D eigenvalue weighted by molar-refractivity contribution is -0.120. The molecule has 0 aliphatic carbocycles. The SMILES string of the molecule is NCCCC(NC(=O)c1ccc2ccccc2c1)C(N)=O. The first kappa shape index (κ1) is 15.0. The Hall–Kier alpha value is -2.40. The first-order valence-electron chi connectivity index (χ1n) is 6.91.